The van der Waals surface area contributed by atoms with Crippen LogP contribution in [0.5, 0.6) is 0 Å². The first-order valence-corrected chi connectivity index (χ1v) is 8.21. The van der Waals surface area contributed by atoms with Crippen molar-refractivity contribution in [3.05, 3.63) is 92.7 Å². The molecule has 1 heteroatoms. The van der Waals surface area contributed by atoms with E-state index in [4.69, 9.17) is 0 Å². The fourth-order valence-corrected chi connectivity index (χ4v) is 3.93. The third-order valence-corrected chi connectivity index (χ3v) is 5.27. The molecule has 0 amide bonds. The summed E-state index contributed by atoms with van der Waals surface area (Å²) in [5.41, 5.74) is 5.78. The molecule has 0 nitrogen and oxygen atoms in total. The Morgan fingerprint density at radius 3 is 1.81 bits per heavy atom. The third kappa shape index (κ3) is 3.25. The molecule has 0 unspecified atom stereocenters. The number of hydrogen-bond donors (Lipinski definition) is 0. The monoisotopic (exact) mass is 292 g/mol. The Balaban J connectivity index is 1.92. The summed E-state index contributed by atoms with van der Waals surface area (Å²) in [6, 6.07) is 21.5. The highest BCUT2D eigenvalue weighted by molar-refractivity contribution is 7.12. The van der Waals surface area contributed by atoms with E-state index in [1.54, 1.807) is 0 Å². The van der Waals surface area contributed by atoms with E-state index in [-0.39, 0.29) is 0 Å². The smallest absolute Gasteiger partial charge is 0.0130 e. The lowest BCUT2D eigenvalue weighted by molar-refractivity contribution is 1.11. The van der Waals surface area contributed by atoms with Crippen molar-refractivity contribution in [1.29, 1.82) is 0 Å². The molecular weight excluding hydrogens is 272 g/mol. The predicted octanol–water partition coefficient (Wildman–Crippen LogP) is 5.55. The Morgan fingerprint density at radius 1 is 0.714 bits per heavy atom. The largest absolute Gasteiger partial charge is 0.145 e. The summed E-state index contributed by atoms with van der Waals surface area (Å²) in [6.45, 7) is 4.50. The minimum atomic E-state index is 1.04. The van der Waals surface area contributed by atoms with Gasteiger partial charge in [0.2, 0.25) is 0 Å². The van der Waals surface area contributed by atoms with Crippen molar-refractivity contribution in [3.63, 3.8) is 0 Å². The second kappa shape index (κ2) is 6.28. The molecule has 3 aromatic rings. The van der Waals surface area contributed by atoms with Crippen molar-refractivity contribution in [1.82, 2.24) is 0 Å². The zero-order valence-electron chi connectivity index (χ0n) is 12.6. The molecular formula is C20H20S. The van der Waals surface area contributed by atoms with E-state index in [1.807, 2.05) is 11.3 Å². The molecule has 106 valence electrons. The van der Waals surface area contributed by atoms with Gasteiger partial charge in [-0.15, -0.1) is 11.3 Å². The molecule has 21 heavy (non-hydrogen) atoms. The van der Waals surface area contributed by atoms with Crippen LogP contribution in [0.15, 0.2) is 60.7 Å². The van der Waals surface area contributed by atoms with Gasteiger partial charge in [0.05, 0.1) is 0 Å². The van der Waals surface area contributed by atoms with Crippen LogP contribution in [0.4, 0.5) is 0 Å². The highest BCUT2D eigenvalue weighted by Gasteiger charge is 2.13. The van der Waals surface area contributed by atoms with Gasteiger partial charge in [-0.2, -0.15) is 0 Å². The summed E-state index contributed by atoms with van der Waals surface area (Å²) in [7, 11) is 0. The van der Waals surface area contributed by atoms with Crippen molar-refractivity contribution in [2.24, 2.45) is 0 Å². The summed E-state index contributed by atoms with van der Waals surface area (Å²) >= 11 is 1.96. The summed E-state index contributed by atoms with van der Waals surface area (Å²) in [5.74, 6) is 0. The number of aryl methyl sites for hydroxylation is 1. The van der Waals surface area contributed by atoms with Gasteiger partial charge in [-0.1, -0.05) is 60.7 Å². The van der Waals surface area contributed by atoms with Crippen LogP contribution in [0.3, 0.4) is 0 Å². The quantitative estimate of drug-likeness (QED) is 0.591. The van der Waals surface area contributed by atoms with E-state index in [0.717, 1.165) is 12.8 Å². The van der Waals surface area contributed by atoms with Crippen LogP contribution in [-0.2, 0) is 12.8 Å². The molecule has 0 saturated heterocycles. The number of thiophene rings is 1. The highest BCUT2D eigenvalue weighted by atomic mass is 32.1. The first-order chi connectivity index (χ1) is 10.2. The summed E-state index contributed by atoms with van der Waals surface area (Å²) in [4.78, 5) is 2.96. The number of benzene rings is 2. The van der Waals surface area contributed by atoms with Crippen LogP contribution < -0.4 is 0 Å². The zero-order valence-corrected chi connectivity index (χ0v) is 13.4. The lowest BCUT2D eigenvalue weighted by atomic mass is 9.98. The zero-order chi connectivity index (χ0) is 14.7. The molecule has 0 aliphatic rings. The Kier molecular flexibility index (Phi) is 4.21. The molecule has 0 atom stereocenters. The number of rotatable bonds is 4. The molecule has 1 heterocycles. The van der Waals surface area contributed by atoms with E-state index >= 15 is 0 Å². The molecule has 0 N–H and O–H groups in total. The van der Waals surface area contributed by atoms with Gasteiger partial charge in [-0.25, -0.2) is 0 Å². The molecule has 0 fully saturated rings. The molecule has 0 radical (unpaired) electrons. The van der Waals surface area contributed by atoms with Gasteiger partial charge in [0.1, 0.15) is 0 Å². The van der Waals surface area contributed by atoms with Crippen molar-refractivity contribution < 1.29 is 0 Å². The van der Waals surface area contributed by atoms with Crippen LogP contribution in [0.1, 0.15) is 32.0 Å². The topological polar surface area (TPSA) is 0 Å². The van der Waals surface area contributed by atoms with E-state index in [9.17, 15) is 0 Å². The van der Waals surface area contributed by atoms with Crippen LogP contribution >= 0.6 is 11.3 Å². The van der Waals surface area contributed by atoms with Crippen LogP contribution in [0, 0.1) is 13.8 Å². The van der Waals surface area contributed by atoms with E-state index < -0.39 is 0 Å². The second-order valence-corrected chi connectivity index (χ2v) is 6.82. The molecule has 0 spiro atoms. The Bertz CT molecular complexity index is 708. The number of hydrogen-bond acceptors (Lipinski definition) is 1. The van der Waals surface area contributed by atoms with Crippen molar-refractivity contribution in [3.8, 4) is 0 Å². The molecule has 0 aliphatic carbocycles. The molecule has 3 rings (SSSR count). The van der Waals surface area contributed by atoms with Crippen LogP contribution in [0.2, 0.25) is 0 Å². The second-order valence-electron chi connectivity index (χ2n) is 5.51. The van der Waals surface area contributed by atoms with E-state index in [0.29, 0.717) is 0 Å². The minimum absolute atomic E-state index is 1.04. The maximum atomic E-state index is 2.26. The summed E-state index contributed by atoms with van der Waals surface area (Å²) in [5, 5.41) is 0. The Labute approximate surface area is 131 Å². The SMILES string of the molecule is Cc1sc(Cc2ccccc2)c(Cc2ccccc2)c1C. The van der Waals surface area contributed by atoms with Gasteiger partial charge >= 0.3 is 0 Å². The van der Waals surface area contributed by atoms with Crippen LogP contribution in [-0.4, -0.2) is 0 Å². The average Bonchev–Trinajstić information content (AvgIpc) is 2.77. The van der Waals surface area contributed by atoms with Gasteiger partial charge in [0.15, 0.2) is 0 Å². The van der Waals surface area contributed by atoms with Gasteiger partial charge in [-0.05, 0) is 42.5 Å². The van der Waals surface area contributed by atoms with Gasteiger partial charge < -0.3 is 0 Å². The lowest BCUT2D eigenvalue weighted by Crippen LogP contribution is -1.95. The average molecular weight is 292 g/mol. The Hall–Kier alpha value is -1.86. The minimum Gasteiger partial charge on any atom is -0.145 e. The van der Waals surface area contributed by atoms with E-state index in [1.165, 1.54) is 32.0 Å². The van der Waals surface area contributed by atoms with Gasteiger partial charge in [-0.3, -0.25) is 0 Å². The first-order valence-electron chi connectivity index (χ1n) is 7.39. The normalized spacial score (nSPS) is 10.8. The molecule has 0 aliphatic heterocycles. The van der Waals surface area contributed by atoms with Gasteiger partial charge in [0, 0.05) is 16.2 Å². The highest BCUT2D eigenvalue weighted by Crippen LogP contribution is 2.31. The van der Waals surface area contributed by atoms with Gasteiger partial charge in [0.25, 0.3) is 0 Å². The molecule has 0 bridgehead atoms. The van der Waals surface area contributed by atoms with E-state index in [2.05, 4.69) is 74.5 Å². The van der Waals surface area contributed by atoms with Crippen molar-refractivity contribution >= 4 is 11.3 Å². The third-order valence-electron chi connectivity index (χ3n) is 4.02. The maximum Gasteiger partial charge on any atom is 0.0130 e. The maximum absolute atomic E-state index is 2.26. The van der Waals surface area contributed by atoms with Crippen molar-refractivity contribution in [2.75, 3.05) is 0 Å². The summed E-state index contributed by atoms with van der Waals surface area (Å²) in [6.07, 6.45) is 2.08. The lowest BCUT2D eigenvalue weighted by Gasteiger charge is -2.06. The van der Waals surface area contributed by atoms with Crippen LogP contribution in [0.25, 0.3) is 0 Å². The first kappa shape index (κ1) is 14.1. The van der Waals surface area contributed by atoms with Crippen molar-refractivity contribution in [2.45, 2.75) is 26.7 Å². The Morgan fingerprint density at radius 2 is 1.24 bits per heavy atom. The molecule has 2 aromatic carbocycles. The fourth-order valence-electron chi connectivity index (χ4n) is 2.70. The molecule has 1 aromatic heterocycles. The molecule has 0 saturated carbocycles. The summed E-state index contributed by atoms with van der Waals surface area (Å²) < 4.78 is 0. The predicted molar refractivity (Wildman–Crippen MR) is 92.3 cm³/mol. The standard InChI is InChI=1S/C20H20S/c1-15-16(2)21-20(14-18-11-7-4-8-12-18)19(15)13-17-9-5-3-6-10-17/h3-12H,13-14H2,1-2H3. The fraction of sp³-hybridized carbons (Fsp3) is 0.200.